The fraction of sp³-hybridized carbons (Fsp3) is 0.208. The van der Waals surface area contributed by atoms with Crippen LogP contribution in [0, 0.1) is 6.92 Å². The molecule has 0 radical (unpaired) electrons. The van der Waals surface area contributed by atoms with Crippen LogP contribution >= 0.6 is 11.6 Å². The maximum atomic E-state index is 13.0. The number of hydrogen-bond donors (Lipinski definition) is 1. The average molecular weight is 423 g/mol. The van der Waals surface area contributed by atoms with E-state index in [2.05, 4.69) is 5.32 Å². The van der Waals surface area contributed by atoms with Crippen LogP contribution in [0.2, 0.25) is 5.02 Å². The number of halogens is 1. The Morgan fingerprint density at radius 2 is 1.63 bits per heavy atom. The number of methoxy groups -OCH3 is 1. The van der Waals surface area contributed by atoms with Crippen molar-refractivity contribution in [3.63, 3.8) is 0 Å². The maximum Gasteiger partial charge on any atom is 0.270 e. The van der Waals surface area contributed by atoms with E-state index in [1.807, 2.05) is 60.4 Å². The number of carbonyl (C=O) groups excluding carboxylic acids is 1. The highest BCUT2D eigenvalue weighted by atomic mass is 35.5. The van der Waals surface area contributed by atoms with Gasteiger partial charge in [-0.3, -0.25) is 9.69 Å². The molecule has 1 aliphatic rings. The van der Waals surface area contributed by atoms with E-state index in [1.54, 1.807) is 31.4 Å². The average Bonchev–Trinajstić information content (AvgIpc) is 2.77. The van der Waals surface area contributed by atoms with Gasteiger partial charge >= 0.3 is 0 Å². The van der Waals surface area contributed by atoms with Crippen LogP contribution in [-0.2, 0) is 4.79 Å². The van der Waals surface area contributed by atoms with Crippen molar-refractivity contribution in [2.75, 3.05) is 23.9 Å². The fourth-order valence-electron chi connectivity index (χ4n) is 3.57. The molecule has 0 aliphatic carbocycles. The smallest absolute Gasteiger partial charge is 0.270 e. The fourth-order valence-corrected chi connectivity index (χ4v) is 3.69. The van der Waals surface area contributed by atoms with Crippen LogP contribution in [0.4, 0.5) is 11.4 Å². The number of hydrogen-bond acceptors (Lipinski definition) is 4. The summed E-state index contributed by atoms with van der Waals surface area (Å²) in [5.74, 6) is 1.36. The van der Waals surface area contributed by atoms with Crippen molar-refractivity contribution in [3.05, 3.63) is 83.4 Å². The third-order valence-electron chi connectivity index (χ3n) is 5.22. The third-order valence-corrected chi connectivity index (χ3v) is 5.47. The van der Waals surface area contributed by atoms with Crippen LogP contribution in [0.25, 0.3) is 0 Å². The minimum absolute atomic E-state index is 0.0548. The number of amides is 1. The van der Waals surface area contributed by atoms with Crippen molar-refractivity contribution < 1.29 is 14.3 Å². The van der Waals surface area contributed by atoms with Crippen LogP contribution in [0.5, 0.6) is 11.5 Å². The number of rotatable bonds is 7. The largest absolute Gasteiger partial charge is 0.497 e. The lowest BCUT2D eigenvalue weighted by molar-refractivity contribution is -0.134. The van der Waals surface area contributed by atoms with Crippen LogP contribution in [-0.4, -0.2) is 31.7 Å². The number of para-hydroxylation sites is 1. The number of carbonyl (C=O) groups is 1. The molecular formula is C24H23ClN2O3. The topological polar surface area (TPSA) is 50.8 Å². The Labute approximate surface area is 181 Å². The van der Waals surface area contributed by atoms with Crippen molar-refractivity contribution in [3.8, 4) is 11.5 Å². The minimum Gasteiger partial charge on any atom is -0.497 e. The summed E-state index contributed by atoms with van der Waals surface area (Å²) in [4.78, 5) is 14.8. The van der Waals surface area contributed by atoms with E-state index in [9.17, 15) is 4.79 Å². The van der Waals surface area contributed by atoms with Crippen molar-refractivity contribution >= 4 is 28.9 Å². The first-order valence-electron chi connectivity index (χ1n) is 9.75. The van der Waals surface area contributed by atoms with Gasteiger partial charge in [0.05, 0.1) is 7.11 Å². The molecule has 0 bridgehead atoms. The third kappa shape index (κ3) is 4.07. The molecule has 1 aliphatic heterocycles. The van der Waals surface area contributed by atoms with Crippen LogP contribution in [0.1, 0.15) is 5.56 Å². The Bertz CT molecular complexity index is 1020. The molecule has 6 heteroatoms. The summed E-state index contributed by atoms with van der Waals surface area (Å²) in [5.41, 5.74) is 2.90. The molecule has 1 heterocycles. The number of anilines is 2. The Kier molecular flexibility index (Phi) is 5.81. The van der Waals surface area contributed by atoms with Crippen LogP contribution in [0.3, 0.4) is 0 Å². The van der Waals surface area contributed by atoms with Crippen LogP contribution in [0.15, 0.2) is 72.8 Å². The Morgan fingerprint density at radius 1 is 0.967 bits per heavy atom. The Morgan fingerprint density at radius 3 is 2.30 bits per heavy atom. The number of ether oxygens (including phenoxy) is 2. The van der Waals surface area contributed by atoms with Gasteiger partial charge in [0.2, 0.25) is 0 Å². The first-order valence-corrected chi connectivity index (χ1v) is 10.1. The van der Waals surface area contributed by atoms with Gasteiger partial charge < -0.3 is 14.8 Å². The van der Waals surface area contributed by atoms with Crippen molar-refractivity contribution in [2.24, 2.45) is 0 Å². The Hall–Kier alpha value is -3.18. The molecule has 5 nitrogen and oxygen atoms in total. The summed E-state index contributed by atoms with van der Waals surface area (Å²) in [6.07, 6.45) is -0.573. The number of aryl methyl sites for hydroxylation is 1. The number of nitrogens with one attached hydrogen (secondary N) is 1. The molecule has 0 aromatic heterocycles. The summed E-state index contributed by atoms with van der Waals surface area (Å²) in [7, 11) is 1.64. The summed E-state index contributed by atoms with van der Waals surface area (Å²) >= 11 is 5.96. The van der Waals surface area contributed by atoms with Crippen molar-refractivity contribution in [1.82, 2.24) is 0 Å². The molecule has 0 unspecified atom stereocenters. The van der Waals surface area contributed by atoms with Gasteiger partial charge in [0, 0.05) is 22.9 Å². The molecule has 154 valence electrons. The second kappa shape index (κ2) is 8.67. The normalized spacial score (nSPS) is 18.0. The van der Waals surface area contributed by atoms with Crippen molar-refractivity contribution in [2.45, 2.75) is 19.1 Å². The molecule has 1 fully saturated rings. The Balaban J connectivity index is 1.54. The van der Waals surface area contributed by atoms with E-state index in [4.69, 9.17) is 21.1 Å². The van der Waals surface area contributed by atoms with Gasteiger partial charge in [0.15, 0.2) is 6.10 Å². The number of nitrogens with zero attached hydrogens (tertiary/aromatic N) is 1. The van der Waals surface area contributed by atoms with Crippen LogP contribution < -0.4 is 19.7 Å². The molecule has 30 heavy (non-hydrogen) atoms. The highest BCUT2D eigenvalue weighted by Crippen LogP contribution is 2.34. The highest BCUT2D eigenvalue weighted by molar-refractivity contribution is 6.30. The zero-order valence-electron chi connectivity index (χ0n) is 16.8. The number of β-lactam (4-membered cyclic amide) rings is 1. The molecule has 2 atom stereocenters. The van der Waals surface area contributed by atoms with Gasteiger partial charge in [-0.25, -0.2) is 0 Å². The molecule has 1 saturated heterocycles. The lowest BCUT2D eigenvalue weighted by Crippen LogP contribution is -2.69. The van der Waals surface area contributed by atoms with Gasteiger partial charge in [0.25, 0.3) is 5.91 Å². The van der Waals surface area contributed by atoms with E-state index in [-0.39, 0.29) is 11.9 Å². The molecular weight excluding hydrogens is 400 g/mol. The summed E-state index contributed by atoms with van der Waals surface area (Å²) in [5, 5.41) is 4.04. The minimum atomic E-state index is -0.573. The SMILES string of the molecule is COc1ccc(NC[C@@H]2[C@H](Oc3ccc(Cl)cc3)C(=O)N2c2ccccc2C)cc1. The maximum absolute atomic E-state index is 13.0. The second-order valence-electron chi connectivity index (χ2n) is 7.16. The van der Waals surface area contributed by atoms with Gasteiger partial charge in [-0.15, -0.1) is 0 Å². The van der Waals surface area contributed by atoms with E-state index in [1.165, 1.54) is 0 Å². The zero-order valence-corrected chi connectivity index (χ0v) is 17.6. The summed E-state index contributed by atoms with van der Waals surface area (Å²) in [6, 6.07) is 22.5. The van der Waals surface area contributed by atoms with E-state index in [0.717, 1.165) is 22.7 Å². The monoisotopic (exact) mass is 422 g/mol. The standard InChI is InChI=1S/C24H23ClN2O3/c1-16-5-3-4-6-21(16)27-22(15-26-18-9-13-19(29-2)14-10-18)23(24(27)28)30-20-11-7-17(25)8-12-20/h3-14,22-23,26H,15H2,1-2H3/t22-,23+/m1/s1. The summed E-state index contributed by atoms with van der Waals surface area (Å²) in [6.45, 7) is 2.55. The van der Waals surface area contributed by atoms with Gasteiger partial charge in [0.1, 0.15) is 17.5 Å². The quantitative estimate of drug-likeness (QED) is 0.548. The predicted molar refractivity (Wildman–Crippen MR) is 120 cm³/mol. The molecule has 4 rings (SSSR count). The molecule has 1 amide bonds. The molecule has 3 aromatic rings. The zero-order chi connectivity index (χ0) is 21.1. The predicted octanol–water partition coefficient (Wildman–Crippen LogP) is 4.93. The molecule has 0 spiro atoms. The van der Waals surface area contributed by atoms with Gasteiger partial charge in [-0.2, -0.15) is 0 Å². The van der Waals surface area contributed by atoms with Crippen molar-refractivity contribution in [1.29, 1.82) is 0 Å². The second-order valence-corrected chi connectivity index (χ2v) is 7.60. The van der Waals surface area contributed by atoms with E-state index < -0.39 is 6.10 Å². The van der Waals surface area contributed by atoms with Gasteiger partial charge in [-0.1, -0.05) is 29.8 Å². The highest BCUT2D eigenvalue weighted by Gasteiger charge is 2.50. The van der Waals surface area contributed by atoms with E-state index >= 15 is 0 Å². The summed E-state index contributed by atoms with van der Waals surface area (Å²) < 4.78 is 11.2. The number of benzene rings is 3. The first kappa shape index (κ1) is 20.1. The van der Waals surface area contributed by atoms with Gasteiger partial charge in [-0.05, 0) is 67.1 Å². The molecule has 1 N–H and O–H groups in total. The molecule has 3 aromatic carbocycles. The first-order chi connectivity index (χ1) is 14.6. The lowest BCUT2D eigenvalue weighted by atomic mass is 9.95. The van der Waals surface area contributed by atoms with E-state index in [0.29, 0.717) is 17.3 Å². The molecule has 0 saturated carbocycles. The lowest BCUT2D eigenvalue weighted by Gasteiger charge is -2.47.